The summed E-state index contributed by atoms with van der Waals surface area (Å²) in [5.74, 6) is 0.913. The molecule has 2 aromatic heterocycles. The van der Waals surface area contributed by atoms with E-state index >= 15 is 0 Å². The van der Waals surface area contributed by atoms with E-state index < -0.39 is 0 Å². The molecule has 7 heteroatoms. The number of fused-ring (bicyclic) bond motifs is 2. The molecule has 0 unspecified atom stereocenters. The van der Waals surface area contributed by atoms with E-state index in [1.165, 1.54) is 28.5 Å². The fraction of sp³-hybridized carbons (Fsp3) is 0.409. The summed E-state index contributed by atoms with van der Waals surface area (Å²) in [5.41, 5.74) is 4.05. The number of H-pyrrole nitrogens is 1. The normalized spacial score (nSPS) is 14.4. The van der Waals surface area contributed by atoms with E-state index in [0.29, 0.717) is 0 Å². The maximum atomic E-state index is 4.78. The lowest BCUT2D eigenvalue weighted by Crippen LogP contribution is -2.39. The third kappa shape index (κ3) is 5.73. The van der Waals surface area contributed by atoms with Crippen molar-refractivity contribution < 1.29 is 0 Å². The fourth-order valence-electron chi connectivity index (χ4n) is 3.80. The van der Waals surface area contributed by atoms with Gasteiger partial charge in [-0.15, -0.1) is 35.3 Å². The quantitative estimate of drug-likeness (QED) is 0.249. The van der Waals surface area contributed by atoms with Gasteiger partial charge in [0.15, 0.2) is 5.96 Å². The lowest BCUT2D eigenvalue weighted by molar-refractivity contribution is 0.263. The summed E-state index contributed by atoms with van der Waals surface area (Å²) in [5, 5.41) is 10.4. The van der Waals surface area contributed by atoms with Gasteiger partial charge in [-0.05, 0) is 48.4 Å². The van der Waals surface area contributed by atoms with Crippen LogP contribution in [0.5, 0.6) is 0 Å². The molecule has 5 nitrogen and oxygen atoms in total. The molecule has 3 N–H and O–H groups in total. The van der Waals surface area contributed by atoms with E-state index in [9.17, 15) is 0 Å². The maximum absolute atomic E-state index is 4.78. The maximum Gasteiger partial charge on any atom is 0.191 e. The van der Waals surface area contributed by atoms with Crippen LogP contribution in [0, 0.1) is 0 Å². The summed E-state index contributed by atoms with van der Waals surface area (Å²) in [6, 6.07) is 10.7. The molecule has 0 spiro atoms. The van der Waals surface area contributed by atoms with E-state index in [0.717, 1.165) is 51.6 Å². The SMILES string of the molecule is CCNC(=NCCN1CCc2sccc2C1)NCCc1c[nH]c2ccccc12.I. The molecule has 156 valence electrons. The molecule has 0 saturated carbocycles. The third-order valence-corrected chi connectivity index (χ3v) is 6.30. The zero-order chi connectivity index (χ0) is 19.2. The van der Waals surface area contributed by atoms with Crippen molar-refractivity contribution in [2.24, 2.45) is 4.99 Å². The van der Waals surface area contributed by atoms with Crippen LogP contribution < -0.4 is 10.6 Å². The second kappa shape index (κ2) is 11.0. The van der Waals surface area contributed by atoms with Crippen LogP contribution in [-0.2, 0) is 19.4 Å². The molecule has 0 saturated heterocycles. The van der Waals surface area contributed by atoms with Gasteiger partial charge in [0.2, 0.25) is 0 Å². The van der Waals surface area contributed by atoms with E-state index in [1.54, 1.807) is 4.88 Å². The zero-order valence-corrected chi connectivity index (χ0v) is 20.1. The van der Waals surface area contributed by atoms with Gasteiger partial charge in [-0.3, -0.25) is 9.89 Å². The summed E-state index contributed by atoms with van der Waals surface area (Å²) in [6.45, 7) is 7.90. The number of aliphatic imine (C=N–C) groups is 1. The predicted octanol–water partition coefficient (Wildman–Crippen LogP) is 4.00. The van der Waals surface area contributed by atoms with E-state index in [4.69, 9.17) is 4.99 Å². The molecule has 0 amide bonds. The number of benzene rings is 1. The Morgan fingerprint density at radius 3 is 3.03 bits per heavy atom. The first kappa shape index (κ1) is 22.1. The summed E-state index contributed by atoms with van der Waals surface area (Å²) in [4.78, 5) is 12.2. The molecule has 0 radical (unpaired) electrons. The number of aromatic amines is 1. The summed E-state index contributed by atoms with van der Waals surface area (Å²) < 4.78 is 0. The molecular weight excluding hydrogens is 493 g/mol. The number of nitrogens with zero attached hydrogens (tertiary/aromatic N) is 2. The van der Waals surface area contributed by atoms with Crippen molar-refractivity contribution in [3.05, 3.63) is 57.9 Å². The van der Waals surface area contributed by atoms with Gasteiger partial charge in [-0.1, -0.05) is 18.2 Å². The van der Waals surface area contributed by atoms with Crippen molar-refractivity contribution in [3.63, 3.8) is 0 Å². The molecule has 1 aromatic carbocycles. The minimum absolute atomic E-state index is 0. The average molecular weight is 523 g/mol. The Kier molecular flexibility index (Phi) is 8.38. The Labute approximate surface area is 194 Å². The second-order valence-electron chi connectivity index (χ2n) is 7.19. The number of halogens is 1. The topological polar surface area (TPSA) is 55.5 Å². The molecule has 3 heterocycles. The molecule has 0 atom stereocenters. The predicted molar refractivity (Wildman–Crippen MR) is 135 cm³/mol. The molecule has 1 aliphatic rings. The molecule has 0 aliphatic carbocycles. The van der Waals surface area contributed by atoms with Crippen LogP contribution in [0.3, 0.4) is 0 Å². The first-order valence-corrected chi connectivity index (χ1v) is 11.1. The third-order valence-electron chi connectivity index (χ3n) is 5.28. The Morgan fingerprint density at radius 2 is 2.14 bits per heavy atom. The van der Waals surface area contributed by atoms with Gasteiger partial charge in [0, 0.05) is 54.7 Å². The Hall–Kier alpha value is -1.58. The minimum Gasteiger partial charge on any atom is -0.361 e. The van der Waals surface area contributed by atoms with Gasteiger partial charge in [-0.2, -0.15) is 0 Å². The number of hydrogen-bond acceptors (Lipinski definition) is 3. The van der Waals surface area contributed by atoms with Crippen LogP contribution in [0.1, 0.15) is 22.9 Å². The summed E-state index contributed by atoms with van der Waals surface area (Å²) >= 11 is 1.89. The van der Waals surface area contributed by atoms with Crippen LogP contribution in [0.2, 0.25) is 0 Å². The first-order chi connectivity index (χ1) is 13.8. The highest BCUT2D eigenvalue weighted by Gasteiger charge is 2.16. The van der Waals surface area contributed by atoms with Crippen molar-refractivity contribution in [2.75, 3.05) is 32.7 Å². The Balaban J connectivity index is 0.00000240. The van der Waals surface area contributed by atoms with E-state index in [-0.39, 0.29) is 24.0 Å². The first-order valence-electron chi connectivity index (χ1n) is 10.2. The lowest BCUT2D eigenvalue weighted by Gasteiger charge is -2.26. The van der Waals surface area contributed by atoms with Crippen LogP contribution >= 0.6 is 35.3 Å². The van der Waals surface area contributed by atoms with Gasteiger partial charge in [0.05, 0.1) is 6.54 Å². The minimum atomic E-state index is 0. The van der Waals surface area contributed by atoms with Gasteiger partial charge in [0.25, 0.3) is 0 Å². The van der Waals surface area contributed by atoms with Crippen molar-refractivity contribution in [2.45, 2.75) is 26.3 Å². The summed E-state index contributed by atoms with van der Waals surface area (Å²) in [7, 11) is 0. The fourth-order valence-corrected chi connectivity index (χ4v) is 4.69. The molecular formula is C22H30IN5S. The van der Waals surface area contributed by atoms with Crippen molar-refractivity contribution in [1.82, 2.24) is 20.5 Å². The largest absolute Gasteiger partial charge is 0.361 e. The number of para-hydroxylation sites is 1. The van der Waals surface area contributed by atoms with Gasteiger partial charge < -0.3 is 15.6 Å². The summed E-state index contributed by atoms with van der Waals surface area (Å²) in [6.07, 6.45) is 4.27. The Bertz CT molecular complexity index is 932. The van der Waals surface area contributed by atoms with Crippen LogP contribution in [0.15, 0.2) is 46.9 Å². The van der Waals surface area contributed by atoms with Crippen LogP contribution in [0.25, 0.3) is 10.9 Å². The number of thiophene rings is 1. The van der Waals surface area contributed by atoms with Crippen molar-refractivity contribution in [1.29, 1.82) is 0 Å². The lowest BCUT2D eigenvalue weighted by atomic mass is 10.1. The smallest absolute Gasteiger partial charge is 0.191 e. The second-order valence-corrected chi connectivity index (χ2v) is 8.19. The number of aromatic nitrogens is 1. The zero-order valence-electron chi connectivity index (χ0n) is 16.9. The molecule has 0 fully saturated rings. The van der Waals surface area contributed by atoms with Gasteiger partial charge in [0.1, 0.15) is 0 Å². The molecule has 3 aromatic rings. The molecule has 29 heavy (non-hydrogen) atoms. The van der Waals surface area contributed by atoms with E-state index in [1.807, 2.05) is 11.3 Å². The standard InChI is InChI=1S/C22H29N5S.HI/c1-2-23-22(24-10-7-17-15-26-20-6-4-3-5-19(17)20)25-11-13-27-12-8-21-18(16-27)9-14-28-21;/h3-6,9,14-15,26H,2,7-8,10-13,16H2,1H3,(H2,23,24,25);1H. The van der Waals surface area contributed by atoms with Gasteiger partial charge in [-0.25, -0.2) is 0 Å². The van der Waals surface area contributed by atoms with Crippen LogP contribution in [-0.4, -0.2) is 48.6 Å². The highest BCUT2D eigenvalue weighted by Crippen LogP contribution is 2.23. The van der Waals surface area contributed by atoms with Gasteiger partial charge >= 0.3 is 0 Å². The highest BCUT2D eigenvalue weighted by atomic mass is 127. The average Bonchev–Trinajstić information content (AvgIpc) is 3.35. The monoisotopic (exact) mass is 523 g/mol. The molecule has 1 aliphatic heterocycles. The molecule has 4 rings (SSSR count). The number of hydrogen-bond donors (Lipinski definition) is 3. The Morgan fingerprint density at radius 1 is 1.24 bits per heavy atom. The van der Waals surface area contributed by atoms with Crippen LogP contribution in [0.4, 0.5) is 0 Å². The number of guanidine groups is 1. The number of rotatable bonds is 7. The van der Waals surface area contributed by atoms with Crippen molar-refractivity contribution >= 4 is 52.2 Å². The van der Waals surface area contributed by atoms with Crippen molar-refractivity contribution in [3.8, 4) is 0 Å². The molecule has 0 bridgehead atoms. The van der Waals surface area contributed by atoms with E-state index in [2.05, 4.69) is 69.3 Å². The number of nitrogens with one attached hydrogen (secondary N) is 3. The highest BCUT2D eigenvalue weighted by molar-refractivity contribution is 14.0.